The second kappa shape index (κ2) is 7.61. The first-order chi connectivity index (χ1) is 10.8. The van der Waals surface area contributed by atoms with Crippen molar-refractivity contribution in [3.8, 4) is 0 Å². The Morgan fingerprint density at radius 1 is 1.22 bits per heavy atom. The third-order valence-corrected chi connectivity index (χ3v) is 7.09. The van der Waals surface area contributed by atoms with Crippen LogP contribution in [-0.4, -0.2) is 62.1 Å². The van der Waals surface area contributed by atoms with Gasteiger partial charge in [0.05, 0.1) is 11.5 Å². The Labute approximate surface area is 147 Å². The molecule has 5 nitrogen and oxygen atoms in total. The van der Waals surface area contributed by atoms with Gasteiger partial charge >= 0.3 is 0 Å². The summed E-state index contributed by atoms with van der Waals surface area (Å²) >= 11 is 3.50. The fourth-order valence-electron chi connectivity index (χ4n) is 2.82. The van der Waals surface area contributed by atoms with Gasteiger partial charge in [0.2, 0.25) is 10.0 Å². The first-order valence-electron chi connectivity index (χ1n) is 7.90. The summed E-state index contributed by atoms with van der Waals surface area (Å²) < 4.78 is 28.7. The fraction of sp³-hybridized carbons (Fsp3) is 0.625. The number of rotatable bonds is 5. The van der Waals surface area contributed by atoms with Crippen LogP contribution in [0.15, 0.2) is 21.5 Å². The molecule has 1 N–H and O–H groups in total. The van der Waals surface area contributed by atoms with Crippen molar-refractivity contribution in [1.29, 1.82) is 0 Å². The summed E-state index contributed by atoms with van der Waals surface area (Å²) in [6.07, 6.45) is 0. The smallest absolute Gasteiger partial charge is 0.243 e. The minimum Gasteiger partial charge on any atom is -0.395 e. The molecular weight excluding hydrogens is 380 g/mol. The van der Waals surface area contributed by atoms with E-state index < -0.39 is 10.0 Å². The summed E-state index contributed by atoms with van der Waals surface area (Å²) in [5.41, 5.74) is 1.77. The van der Waals surface area contributed by atoms with Crippen LogP contribution in [0.3, 0.4) is 0 Å². The van der Waals surface area contributed by atoms with Crippen LogP contribution in [0.5, 0.6) is 0 Å². The lowest BCUT2D eigenvalue weighted by Gasteiger charge is -2.34. The maximum absolute atomic E-state index is 13.1. The zero-order chi connectivity index (χ0) is 17.2. The van der Waals surface area contributed by atoms with E-state index in [-0.39, 0.29) is 12.5 Å². The lowest BCUT2D eigenvalue weighted by Crippen LogP contribution is -2.49. The van der Waals surface area contributed by atoms with E-state index in [0.29, 0.717) is 37.6 Å². The molecule has 0 unspecified atom stereocenters. The molecule has 1 saturated heterocycles. The van der Waals surface area contributed by atoms with Crippen molar-refractivity contribution in [2.75, 3.05) is 39.3 Å². The van der Waals surface area contributed by atoms with Gasteiger partial charge in [0, 0.05) is 37.2 Å². The molecule has 0 aromatic heterocycles. The molecule has 1 aromatic rings. The second-order valence-corrected chi connectivity index (χ2v) is 9.02. The van der Waals surface area contributed by atoms with Crippen LogP contribution in [0, 0.1) is 6.92 Å². The topological polar surface area (TPSA) is 60.9 Å². The van der Waals surface area contributed by atoms with Gasteiger partial charge in [0.15, 0.2) is 0 Å². The van der Waals surface area contributed by atoms with E-state index in [1.54, 1.807) is 10.4 Å². The van der Waals surface area contributed by atoms with Gasteiger partial charge in [-0.15, -0.1) is 0 Å². The molecule has 0 spiro atoms. The van der Waals surface area contributed by atoms with E-state index in [0.717, 1.165) is 15.6 Å². The number of benzene rings is 1. The zero-order valence-corrected chi connectivity index (χ0v) is 16.3. The normalized spacial score (nSPS) is 17.8. The maximum atomic E-state index is 13.1. The Balaban J connectivity index is 2.32. The van der Waals surface area contributed by atoms with E-state index in [9.17, 15) is 8.42 Å². The van der Waals surface area contributed by atoms with Gasteiger partial charge in [-0.2, -0.15) is 4.31 Å². The lowest BCUT2D eigenvalue weighted by molar-refractivity contribution is 0.151. The average molecular weight is 405 g/mol. The van der Waals surface area contributed by atoms with Crippen molar-refractivity contribution in [2.45, 2.75) is 31.6 Å². The molecule has 0 atom stereocenters. The van der Waals surface area contributed by atoms with Gasteiger partial charge in [0.25, 0.3) is 0 Å². The van der Waals surface area contributed by atoms with E-state index in [4.69, 9.17) is 5.11 Å². The second-order valence-electron chi connectivity index (χ2n) is 6.26. The molecule has 1 aliphatic rings. The number of nitrogens with zero attached hydrogens (tertiary/aromatic N) is 2. The number of aliphatic hydroxyl groups is 1. The van der Waals surface area contributed by atoms with Crippen LogP contribution in [0.4, 0.5) is 0 Å². The summed E-state index contributed by atoms with van der Waals surface area (Å²) in [5, 5.41) is 9.00. The Hall–Kier alpha value is -0.470. The van der Waals surface area contributed by atoms with Crippen LogP contribution in [0.25, 0.3) is 0 Å². The first-order valence-corrected chi connectivity index (χ1v) is 10.1. The largest absolute Gasteiger partial charge is 0.395 e. The highest BCUT2D eigenvalue weighted by Crippen LogP contribution is 2.32. The predicted octanol–water partition coefficient (Wildman–Crippen LogP) is 2.18. The number of piperazine rings is 1. The molecule has 2 rings (SSSR count). The molecule has 1 fully saturated rings. The van der Waals surface area contributed by atoms with Gasteiger partial charge in [-0.1, -0.05) is 29.8 Å². The SMILES string of the molecule is Cc1cc(S(=O)(=O)N2CCN(CCO)CC2)c(C(C)C)cc1Br. The summed E-state index contributed by atoms with van der Waals surface area (Å²) in [6.45, 7) is 8.89. The molecule has 0 radical (unpaired) electrons. The van der Waals surface area contributed by atoms with Gasteiger partial charge in [-0.3, -0.25) is 4.90 Å². The molecule has 23 heavy (non-hydrogen) atoms. The monoisotopic (exact) mass is 404 g/mol. The fourth-order valence-corrected chi connectivity index (χ4v) is 5.02. The molecule has 1 aromatic carbocycles. The Kier molecular flexibility index (Phi) is 6.24. The van der Waals surface area contributed by atoms with Crippen molar-refractivity contribution >= 4 is 26.0 Å². The average Bonchev–Trinajstić information content (AvgIpc) is 2.50. The summed E-state index contributed by atoms with van der Waals surface area (Å²) in [7, 11) is -3.49. The van der Waals surface area contributed by atoms with Crippen LogP contribution in [0.2, 0.25) is 0 Å². The summed E-state index contributed by atoms with van der Waals surface area (Å²) in [5.74, 6) is 0.132. The van der Waals surface area contributed by atoms with Crippen molar-refractivity contribution in [3.05, 3.63) is 27.7 Å². The van der Waals surface area contributed by atoms with Crippen molar-refractivity contribution in [2.24, 2.45) is 0 Å². The Bertz CT molecular complexity index is 654. The molecule has 1 heterocycles. The number of sulfonamides is 1. The number of hydrogen-bond donors (Lipinski definition) is 1. The minimum atomic E-state index is -3.49. The highest BCUT2D eigenvalue weighted by molar-refractivity contribution is 9.10. The Morgan fingerprint density at radius 3 is 2.35 bits per heavy atom. The third-order valence-electron chi connectivity index (χ3n) is 4.28. The van der Waals surface area contributed by atoms with Crippen LogP contribution < -0.4 is 0 Å². The molecule has 1 aliphatic heterocycles. The standard InChI is InChI=1S/C16H25BrN2O3S/c1-12(2)14-11-15(17)13(3)10-16(14)23(21,22)19-6-4-18(5-7-19)8-9-20/h10-12,20H,4-9H2,1-3H3. The van der Waals surface area contributed by atoms with Gasteiger partial charge in [0.1, 0.15) is 0 Å². The minimum absolute atomic E-state index is 0.107. The van der Waals surface area contributed by atoms with Crippen LogP contribution in [0.1, 0.15) is 30.9 Å². The molecule has 0 bridgehead atoms. The Morgan fingerprint density at radius 2 is 1.83 bits per heavy atom. The zero-order valence-electron chi connectivity index (χ0n) is 13.9. The lowest BCUT2D eigenvalue weighted by atomic mass is 10.0. The van der Waals surface area contributed by atoms with E-state index >= 15 is 0 Å². The van der Waals surface area contributed by atoms with Gasteiger partial charge in [-0.25, -0.2) is 8.42 Å². The number of β-amino-alcohol motifs (C(OH)–C–C–N with tert-alkyl or cyclic N) is 1. The summed E-state index contributed by atoms with van der Waals surface area (Å²) in [4.78, 5) is 2.51. The summed E-state index contributed by atoms with van der Waals surface area (Å²) in [6, 6.07) is 3.70. The number of aryl methyl sites for hydroxylation is 1. The quantitative estimate of drug-likeness (QED) is 0.816. The van der Waals surface area contributed by atoms with E-state index in [2.05, 4.69) is 20.8 Å². The maximum Gasteiger partial charge on any atom is 0.243 e. The van der Waals surface area contributed by atoms with Gasteiger partial charge in [-0.05, 0) is 36.1 Å². The predicted molar refractivity (Wildman–Crippen MR) is 95.3 cm³/mol. The van der Waals surface area contributed by atoms with Crippen LogP contribution >= 0.6 is 15.9 Å². The molecule has 7 heteroatoms. The first kappa shape index (κ1) is 18.9. The molecule has 0 saturated carbocycles. The molecule has 0 amide bonds. The third kappa shape index (κ3) is 4.14. The molecular formula is C16H25BrN2O3S. The van der Waals surface area contributed by atoms with Crippen molar-refractivity contribution in [1.82, 2.24) is 9.21 Å². The molecule has 130 valence electrons. The highest BCUT2D eigenvalue weighted by atomic mass is 79.9. The van der Waals surface area contributed by atoms with Crippen molar-refractivity contribution in [3.63, 3.8) is 0 Å². The van der Waals surface area contributed by atoms with E-state index in [1.807, 2.05) is 26.8 Å². The van der Waals surface area contributed by atoms with Crippen molar-refractivity contribution < 1.29 is 13.5 Å². The number of hydrogen-bond acceptors (Lipinski definition) is 4. The highest BCUT2D eigenvalue weighted by Gasteiger charge is 2.31. The molecule has 0 aliphatic carbocycles. The van der Waals surface area contributed by atoms with Gasteiger partial charge < -0.3 is 5.11 Å². The number of halogens is 1. The number of aliphatic hydroxyl groups excluding tert-OH is 1. The van der Waals surface area contributed by atoms with Crippen LogP contribution in [-0.2, 0) is 10.0 Å². The van der Waals surface area contributed by atoms with E-state index in [1.165, 1.54) is 0 Å².